The van der Waals surface area contributed by atoms with E-state index in [9.17, 15) is 9.59 Å². The minimum absolute atomic E-state index is 0.249. The first-order valence-electron chi connectivity index (χ1n) is 9.80. The van der Waals surface area contributed by atoms with Gasteiger partial charge in [-0.05, 0) is 69.5 Å². The predicted octanol–water partition coefficient (Wildman–Crippen LogP) is 5.38. The van der Waals surface area contributed by atoms with Crippen molar-refractivity contribution in [1.82, 2.24) is 10.9 Å². The number of nitrogens with one attached hydrogen (secondary N) is 2. The third kappa shape index (κ3) is 6.45. The highest BCUT2D eigenvalue weighted by Crippen LogP contribution is 2.34. The summed E-state index contributed by atoms with van der Waals surface area (Å²) in [6.45, 7) is 2.43. The molecule has 0 aliphatic heterocycles. The molecular formula is C23H22Br2N2O4. The number of ether oxygens (including phenoxy) is 2. The Morgan fingerprint density at radius 1 is 0.968 bits per heavy atom. The molecule has 0 saturated carbocycles. The molecule has 0 fully saturated rings. The normalized spacial score (nSPS) is 10.5. The lowest BCUT2D eigenvalue weighted by atomic mass is 10.1. The zero-order valence-electron chi connectivity index (χ0n) is 16.9. The number of carbonyl (C=O) groups excluding carboxylic acids is 2. The van der Waals surface area contributed by atoms with Gasteiger partial charge in [-0.1, -0.05) is 47.5 Å². The van der Waals surface area contributed by atoms with Gasteiger partial charge in [-0.3, -0.25) is 20.4 Å². The molecule has 2 amide bonds. The Labute approximate surface area is 197 Å². The highest BCUT2D eigenvalue weighted by molar-refractivity contribution is 9.11. The van der Waals surface area contributed by atoms with Crippen molar-refractivity contribution in [2.24, 2.45) is 0 Å². The summed E-state index contributed by atoms with van der Waals surface area (Å²) in [4.78, 5) is 24.4. The fourth-order valence-electron chi connectivity index (χ4n) is 2.79. The molecular weight excluding hydrogens is 528 g/mol. The van der Waals surface area contributed by atoms with Gasteiger partial charge in [-0.2, -0.15) is 0 Å². The average molecular weight is 550 g/mol. The van der Waals surface area contributed by atoms with E-state index in [1.807, 2.05) is 24.3 Å². The molecule has 3 aromatic carbocycles. The van der Waals surface area contributed by atoms with Gasteiger partial charge >= 0.3 is 0 Å². The predicted molar refractivity (Wildman–Crippen MR) is 127 cm³/mol. The first kappa shape index (κ1) is 23.1. The maximum atomic E-state index is 12.3. The quantitative estimate of drug-likeness (QED) is 0.292. The molecule has 0 bridgehead atoms. The van der Waals surface area contributed by atoms with Crippen LogP contribution in [0.25, 0.3) is 10.8 Å². The number of halogens is 2. The van der Waals surface area contributed by atoms with E-state index in [0.717, 1.165) is 32.6 Å². The van der Waals surface area contributed by atoms with E-state index in [1.165, 1.54) is 0 Å². The lowest BCUT2D eigenvalue weighted by molar-refractivity contribution is -0.123. The Morgan fingerprint density at radius 2 is 1.81 bits per heavy atom. The van der Waals surface area contributed by atoms with E-state index in [1.54, 1.807) is 30.3 Å². The summed E-state index contributed by atoms with van der Waals surface area (Å²) >= 11 is 6.97. The van der Waals surface area contributed by atoms with Gasteiger partial charge < -0.3 is 9.47 Å². The monoisotopic (exact) mass is 548 g/mol. The summed E-state index contributed by atoms with van der Waals surface area (Å²) in [6.07, 6.45) is 1.97. The largest absolute Gasteiger partial charge is 0.494 e. The summed E-state index contributed by atoms with van der Waals surface area (Å²) in [6, 6.07) is 16.4. The number of rotatable bonds is 8. The van der Waals surface area contributed by atoms with Gasteiger partial charge in [0.25, 0.3) is 11.8 Å². The number of hydrogen-bond acceptors (Lipinski definition) is 4. The number of hydrazine groups is 1. The second-order valence-corrected chi connectivity index (χ2v) is 8.47. The third-order valence-corrected chi connectivity index (χ3v) is 5.73. The topological polar surface area (TPSA) is 76.7 Å². The van der Waals surface area contributed by atoms with Crippen LogP contribution in [0, 0.1) is 0 Å². The lowest BCUT2D eigenvalue weighted by Crippen LogP contribution is -2.43. The molecule has 0 aromatic heterocycles. The molecule has 0 atom stereocenters. The van der Waals surface area contributed by atoms with Gasteiger partial charge in [0.05, 0.1) is 11.1 Å². The lowest BCUT2D eigenvalue weighted by Gasteiger charge is -2.12. The SMILES string of the molecule is CCCCOc1cccc(C(=O)NNC(=O)COc2ccc3cc(Br)ccc3c2Br)c1. The van der Waals surface area contributed by atoms with Crippen molar-refractivity contribution in [2.45, 2.75) is 19.8 Å². The first-order valence-corrected chi connectivity index (χ1v) is 11.4. The molecule has 0 radical (unpaired) electrons. The molecule has 8 heteroatoms. The molecule has 2 N–H and O–H groups in total. The second kappa shape index (κ2) is 11.2. The fourth-order valence-corrected chi connectivity index (χ4v) is 3.78. The van der Waals surface area contributed by atoms with Gasteiger partial charge in [0.15, 0.2) is 6.61 Å². The molecule has 0 aliphatic carbocycles. The van der Waals surface area contributed by atoms with E-state index < -0.39 is 11.8 Å². The Kier molecular flexibility index (Phi) is 8.31. The summed E-state index contributed by atoms with van der Waals surface area (Å²) in [5, 5.41) is 2.00. The minimum Gasteiger partial charge on any atom is -0.494 e. The van der Waals surface area contributed by atoms with Crippen LogP contribution in [0.1, 0.15) is 30.1 Å². The van der Waals surface area contributed by atoms with Crippen molar-refractivity contribution in [2.75, 3.05) is 13.2 Å². The van der Waals surface area contributed by atoms with Crippen molar-refractivity contribution in [1.29, 1.82) is 0 Å². The molecule has 3 aromatic rings. The summed E-state index contributed by atoms with van der Waals surface area (Å²) in [5.74, 6) is 0.232. The zero-order chi connectivity index (χ0) is 22.2. The average Bonchev–Trinajstić information content (AvgIpc) is 2.77. The number of unbranched alkanes of at least 4 members (excludes halogenated alkanes) is 1. The smallest absolute Gasteiger partial charge is 0.276 e. The second-order valence-electron chi connectivity index (χ2n) is 6.76. The van der Waals surface area contributed by atoms with Crippen LogP contribution < -0.4 is 20.3 Å². The van der Waals surface area contributed by atoms with Gasteiger partial charge in [0.1, 0.15) is 11.5 Å². The molecule has 0 unspecified atom stereocenters. The van der Waals surface area contributed by atoms with Crippen LogP contribution in [0.15, 0.2) is 63.5 Å². The highest BCUT2D eigenvalue weighted by Gasteiger charge is 2.11. The van der Waals surface area contributed by atoms with Gasteiger partial charge in [0.2, 0.25) is 0 Å². The van der Waals surface area contributed by atoms with E-state index in [0.29, 0.717) is 23.7 Å². The van der Waals surface area contributed by atoms with Crippen molar-refractivity contribution in [3.8, 4) is 11.5 Å². The van der Waals surface area contributed by atoms with E-state index >= 15 is 0 Å². The Morgan fingerprint density at radius 3 is 2.61 bits per heavy atom. The standard InChI is InChI=1S/C23H22Br2N2O4/c1-2-3-11-30-18-6-4-5-16(13-18)23(29)27-26-21(28)14-31-20-10-7-15-12-17(24)8-9-19(15)22(20)25/h4-10,12-13H,2-3,11,14H2,1H3,(H,26,28)(H,27,29). The van der Waals surface area contributed by atoms with Crippen molar-refractivity contribution < 1.29 is 19.1 Å². The number of benzene rings is 3. The maximum absolute atomic E-state index is 12.3. The molecule has 0 aliphatic rings. The van der Waals surface area contributed by atoms with Crippen molar-refractivity contribution >= 4 is 54.4 Å². The summed E-state index contributed by atoms with van der Waals surface area (Å²) < 4.78 is 13.0. The number of fused-ring (bicyclic) bond motifs is 1. The third-order valence-electron chi connectivity index (χ3n) is 4.42. The highest BCUT2D eigenvalue weighted by atomic mass is 79.9. The maximum Gasteiger partial charge on any atom is 0.276 e. The van der Waals surface area contributed by atoms with Gasteiger partial charge in [-0.15, -0.1) is 0 Å². The molecule has 0 spiro atoms. The minimum atomic E-state index is -0.480. The summed E-state index contributed by atoms with van der Waals surface area (Å²) in [7, 11) is 0. The van der Waals surface area contributed by atoms with Gasteiger partial charge in [0, 0.05) is 10.0 Å². The zero-order valence-corrected chi connectivity index (χ0v) is 20.1. The Bertz CT molecular complexity index is 1090. The Hall–Kier alpha value is -2.58. The van der Waals surface area contributed by atoms with E-state index in [-0.39, 0.29) is 6.61 Å². The fraction of sp³-hybridized carbons (Fsp3) is 0.217. The van der Waals surface area contributed by atoms with Crippen molar-refractivity contribution in [3.63, 3.8) is 0 Å². The van der Waals surface area contributed by atoms with Crippen LogP contribution in [0.4, 0.5) is 0 Å². The molecule has 0 heterocycles. The number of amides is 2. The van der Waals surface area contributed by atoms with Crippen LogP contribution in [0.2, 0.25) is 0 Å². The Balaban J connectivity index is 1.52. The summed E-state index contributed by atoms with van der Waals surface area (Å²) in [5.41, 5.74) is 5.14. The van der Waals surface area contributed by atoms with Crippen molar-refractivity contribution in [3.05, 3.63) is 69.1 Å². The molecule has 6 nitrogen and oxygen atoms in total. The molecule has 31 heavy (non-hydrogen) atoms. The molecule has 0 saturated heterocycles. The number of carbonyl (C=O) groups is 2. The van der Waals surface area contributed by atoms with E-state index in [4.69, 9.17) is 9.47 Å². The number of hydrogen-bond donors (Lipinski definition) is 2. The molecule has 162 valence electrons. The van der Waals surface area contributed by atoms with Gasteiger partial charge in [-0.25, -0.2) is 0 Å². The first-order chi connectivity index (χ1) is 15.0. The van der Waals surface area contributed by atoms with Crippen LogP contribution in [-0.2, 0) is 4.79 Å². The van der Waals surface area contributed by atoms with E-state index in [2.05, 4.69) is 49.6 Å². The van der Waals surface area contributed by atoms with Crippen LogP contribution in [0.3, 0.4) is 0 Å². The van der Waals surface area contributed by atoms with Crippen LogP contribution in [-0.4, -0.2) is 25.0 Å². The van der Waals surface area contributed by atoms with Crippen LogP contribution >= 0.6 is 31.9 Å². The molecule has 3 rings (SSSR count). The van der Waals surface area contributed by atoms with Crippen LogP contribution in [0.5, 0.6) is 11.5 Å².